The molecule has 0 nitrogen and oxygen atoms in total. The summed E-state index contributed by atoms with van der Waals surface area (Å²) in [6, 6.07) is 40.1. The van der Waals surface area contributed by atoms with Crippen molar-refractivity contribution in [3.8, 4) is 0 Å². The Balaban J connectivity index is 1.76. The maximum absolute atomic E-state index is 2.39. The maximum Gasteiger partial charge on any atom is -0.0105 e. The molecule has 5 rings (SSSR count). The monoisotopic (exact) mass is 518 g/mol. The van der Waals surface area contributed by atoms with E-state index >= 15 is 0 Å². The smallest absolute Gasteiger partial charge is 0.0105 e. The molecule has 5 aromatic rings. The predicted molar refractivity (Wildman–Crippen MR) is 175 cm³/mol. The second-order valence-electron chi connectivity index (χ2n) is 11.1. The molecule has 0 N–H and O–H groups in total. The molecule has 0 atom stereocenters. The van der Waals surface area contributed by atoms with E-state index in [2.05, 4.69) is 163 Å². The Labute approximate surface area is 240 Å². The molecule has 0 fully saturated rings. The Morgan fingerprint density at radius 2 is 0.700 bits per heavy atom. The zero-order valence-corrected chi connectivity index (χ0v) is 24.5. The van der Waals surface area contributed by atoms with Gasteiger partial charge in [-0.05, 0) is 109 Å². The minimum absolute atomic E-state index is 1.22. The Morgan fingerprint density at radius 1 is 0.375 bits per heavy atom. The first-order valence-corrected chi connectivity index (χ1v) is 14.1. The van der Waals surface area contributed by atoms with Gasteiger partial charge in [0.1, 0.15) is 0 Å². The van der Waals surface area contributed by atoms with Gasteiger partial charge in [-0.1, -0.05) is 131 Å². The second-order valence-corrected chi connectivity index (χ2v) is 11.1. The van der Waals surface area contributed by atoms with Crippen LogP contribution in [0.15, 0.2) is 109 Å². The highest BCUT2D eigenvalue weighted by atomic mass is 14.2. The minimum Gasteiger partial charge on any atom is -0.0587 e. The summed E-state index contributed by atoms with van der Waals surface area (Å²) < 4.78 is 0. The normalized spacial score (nSPS) is 10.8. The summed E-state index contributed by atoms with van der Waals surface area (Å²) in [6.45, 7) is 13.0. The van der Waals surface area contributed by atoms with Crippen LogP contribution in [0.1, 0.15) is 66.8 Å². The third-order valence-electron chi connectivity index (χ3n) is 7.86. The molecule has 0 unspecified atom stereocenters. The summed E-state index contributed by atoms with van der Waals surface area (Å²) in [5.41, 5.74) is 17.5. The molecule has 0 bridgehead atoms. The van der Waals surface area contributed by atoms with E-state index in [4.69, 9.17) is 0 Å². The lowest BCUT2D eigenvalue weighted by molar-refractivity contribution is 1.31. The number of hydrogen-bond acceptors (Lipinski definition) is 0. The van der Waals surface area contributed by atoms with Gasteiger partial charge in [-0.25, -0.2) is 0 Å². The van der Waals surface area contributed by atoms with Crippen LogP contribution in [0.5, 0.6) is 0 Å². The molecule has 5 aromatic carbocycles. The van der Waals surface area contributed by atoms with Gasteiger partial charge in [-0.15, -0.1) is 0 Å². The van der Waals surface area contributed by atoms with E-state index < -0.39 is 0 Å². The largest absolute Gasteiger partial charge is 0.0587 e. The fourth-order valence-corrected chi connectivity index (χ4v) is 5.07. The standard InChI is InChI=1S/C40H38/c1-27-7-16-33(17-8-27)39(34-18-9-28(2)10-19-34)25-37-24-15-31(5)32(6)38(37)26-40(35-20-11-29(3)12-21-35)36-22-13-30(4)14-23-36/h7-26H,1-6H3. The first kappa shape index (κ1) is 27.2. The van der Waals surface area contributed by atoms with Gasteiger partial charge in [0.25, 0.3) is 0 Å². The Bertz CT molecular complexity index is 1580. The van der Waals surface area contributed by atoms with E-state index in [1.54, 1.807) is 0 Å². The molecule has 0 aliphatic carbocycles. The van der Waals surface area contributed by atoms with Crippen LogP contribution >= 0.6 is 0 Å². The summed E-state index contributed by atoms with van der Waals surface area (Å²) in [6.07, 6.45) is 4.76. The first-order valence-electron chi connectivity index (χ1n) is 14.1. The van der Waals surface area contributed by atoms with Gasteiger partial charge in [-0.3, -0.25) is 0 Å². The molecule has 0 aromatic heterocycles. The van der Waals surface area contributed by atoms with Crippen LogP contribution in [0.3, 0.4) is 0 Å². The summed E-state index contributed by atoms with van der Waals surface area (Å²) in [4.78, 5) is 0. The molecule has 0 aliphatic rings. The molecule has 0 saturated heterocycles. The Morgan fingerprint density at radius 3 is 1.05 bits per heavy atom. The Hall–Kier alpha value is -4.42. The van der Waals surface area contributed by atoms with Crippen molar-refractivity contribution < 1.29 is 0 Å². The quantitative estimate of drug-likeness (QED) is 0.196. The summed E-state index contributed by atoms with van der Waals surface area (Å²) in [5.74, 6) is 0. The topological polar surface area (TPSA) is 0 Å². The molecular weight excluding hydrogens is 480 g/mol. The van der Waals surface area contributed by atoms with Gasteiger partial charge in [0.05, 0.1) is 0 Å². The van der Waals surface area contributed by atoms with Gasteiger partial charge in [-0.2, -0.15) is 0 Å². The molecule has 0 radical (unpaired) electrons. The summed E-state index contributed by atoms with van der Waals surface area (Å²) >= 11 is 0. The highest BCUT2D eigenvalue weighted by molar-refractivity contribution is 5.97. The molecule has 0 spiro atoms. The zero-order chi connectivity index (χ0) is 28.2. The molecule has 0 heterocycles. The van der Waals surface area contributed by atoms with Crippen molar-refractivity contribution in [3.05, 3.63) is 176 Å². The van der Waals surface area contributed by atoms with Crippen LogP contribution in [0.2, 0.25) is 0 Å². The van der Waals surface area contributed by atoms with Crippen molar-refractivity contribution in [2.24, 2.45) is 0 Å². The van der Waals surface area contributed by atoms with Crippen LogP contribution in [-0.4, -0.2) is 0 Å². The number of aryl methyl sites for hydroxylation is 5. The molecule has 40 heavy (non-hydrogen) atoms. The van der Waals surface area contributed by atoms with Crippen molar-refractivity contribution in [2.75, 3.05) is 0 Å². The van der Waals surface area contributed by atoms with Gasteiger partial charge >= 0.3 is 0 Å². The predicted octanol–water partition coefficient (Wildman–Crippen LogP) is 10.7. The van der Waals surface area contributed by atoms with Crippen molar-refractivity contribution in [3.63, 3.8) is 0 Å². The lowest BCUT2D eigenvalue weighted by atomic mass is 9.88. The highest BCUT2D eigenvalue weighted by Gasteiger charge is 2.13. The van der Waals surface area contributed by atoms with Crippen molar-refractivity contribution in [2.45, 2.75) is 41.5 Å². The van der Waals surface area contributed by atoms with E-state index in [1.807, 2.05) is 0 Å². The molecular formula is C40H38. The summed E-state index contributed by atoms with van der Waals surface area (Å²) in [5, 5.41) is 0. The molecule has 0 heteroatoms. The van der Waals surface area contributed by atoms with Crippen molar-refractivity contribution in [1.82, 2.24) is 0 Å². The average molecular weight is 519 g/mol. The molecule has 0 aliphatic heterocycles. The van der Waals surface area contributed by atoms with Crippen LogP contribution in [-0.2, 0) is 0 Å². The fraction of sp³-hybridized carbons (Fsp3) is 0.150. The lowest BCUT2D eigenvalue weighted by Crippen LogP contribution is -1.96. The van der Waals surface area contributed by atoms with Gasteiger partial charge in [0, 0.05) is 0 Å². The Kier molecular flexibility index (Phi) is 7.99. The second kappa shape index (κ2) is 11.8. The fourth-order valence-electron chi connectivity index (χ4n) is 5.07. The van der Waals surface area contributed by atoms with E-state index in [-0.39, 0.29) is 0 Å². The zero-order valence-electron chi connectivity index (χ0n) is 24.5. The van der Waals surface area contributed by atoms with E-state index in [0.29, 0.717) is 0 Å². The number of benzene rings is 5. The summed E-state index contributed by atoms with van der Waals surface area (Å²) in [7, 11) is 0. The maximum atomic E-state index is 2.39. The number of hydrogen-bond donors (Lipinski definition) is 0. The van der Waals surface area contributed by atoms with Crippen molar-refractivity contribution in [1.29, 1.82) is 0 Å². The van der Waals surface area contributed by atoms with Gasteiger partial charge in [0.15, 0.2) is 0 Å². The first-order chi connectivity index (χ1) is 19.3. The van der Waals surface area contributed by atoms with E-state index in [1.165, 1.54) is 77.9 Å². The van der Waals surface area contributed by atoms with E-state index in [0.717, 1.165) is 0 Å². The third kappa shape index (κ3) is 6.08. The van der Waals surface area contributed by atoms with E-state index in [9.17, 15) is 0 Å². The van der Waals surface area contributed by atoms with Crippen LogP contribution in [0.25, 0.3) is 23.3 Å². The van der Waals surface area contributed by atoms with Gasteiger partial charge < -0.3 is 0 Å². The lowest BCUT2D eigenvalue weighted by Gasteiger charge is -2.16. The average Bonchev–Trinajstić information content (AvgIpc) is 2.96. The van der Waals surface area contributed by atoms with Crippen LogP contribution < -0.4 is 0 Å². The van der Waals surface area contributed by atoms with Gasteiger partial charge in [0.2, 0.25) is 0 Å². The SMILES string of the molecule is Cc1ccc(C(=Cc2ccc(C)c(C)c2C=C(c2ccc(C)cc2)c2ccc(C)cc2)c2ccc(C)cc2)cc1. The molecule has 0 amide bonds. The minimum atomic E-state index is 1.22. The third-order valence-corrected chi connectivity index (χ3v) is 7.86. The van der Waals surface area contributed by atoms with Crippen molar-refractivity contribution >= 4 is 23.3 Å². The number of rotatable bonds is 6. The molecule has 198 valence electrons. The van der Waals surface area contributed by atoms with Crippen LogP contribution in [0, 0.1) is 41.5 Å². The molecule has 0 saturated carbocycles. The van der Waals surface area contributed by atoms with Crippen LogP contribution in [0.4, 0.5) is 0 Å². The highest BCUT2D eigenvalue weighted by Crippen LogP contribution is 2.33.